The molecule has 0 atom stereocenters. The number of halogens is 1. The van der Waals surface area contributed by atoms with Gasteiger partial charge in [0.25, 0.3) is 5.91 Å². The molecule has 0 bridgehead atoms. The highest BCUT2D eigenvalue weighted by Gasteiger charge is 2.30. The molecule has 2 aliphatic rings. The minimum atomic E-state index is -0.352. The van der Waals surface area contributed by atoms with Crippen LogP contribution in [0.1, 0.15) is 15.4 Å². The van der Waals surface area contributed by atoms with Crippen LogP contribution in [-0.2, 0) is 9.53 Å². The van der Waals surface area contributed by atoms with E-state index >= 15 is 0 Å². The molecule has 0 radical (unpaired) electrons. The highest BCUT2D eigenvalue weighted by atomic mass is 35.5. The van der Waals surface area contributed by atoms with E-state index in [1.54, 1.807) is 12.3 Å². The van der Waals surface area contributed by atoms with Crippen molar-refractivity contribution >= 4 is 51.6 Å². The maximum atomic E-state index is 12.6. The molecule has 1 fully saturated rings. The summed E-state index contributed by atoms with van der Waals surface area (Å²) in [4.78, 5) is 19.6. The fourth-order valence-corrected chi connectivity index (χ4v) is 4.91. The Morgan fingerprint density at radius 3 is 2.61 bits per heavy atom. The van der Waals surface area contributed by atoms with Gasteiger partial charge in [0.1, 0.15) is 5.76 Å². The number of aliphatic hydroxyl groups excluding tert-OH is 1. The summed E-state index contributed by atoms with van der Waals surface area (Å²) in [5.41, 5.74) is 4.34. The normalized spacial score (nSPS) is 17.5. The molecule has 0 saturated carbocycles. The number of fused-ring (bicyclic) bond motifs is 1. The monoisotopic (exact) mass is 453 g/mol. The number of hydrogen-bond acceptors (Lipinski definition) is 6. The molecule has 5 rings (SSSR count). The Kier molecular flexibility index (Phi) is 5.17. The number of carbonyl (C=O) groups is 1. The Morgan fingerprint density at radius 1 is 1.19 bits per heavy atom. The van der Waals surface area contributed by atoms with Gasteiger partial charge in [0.15, 0.2) is 0 Å². The molecule has 0 aliphatic carbocycles. The molecule has 2 aromatic carbocycles. The lowest BCUT2D eigenvalue weighted by molar-refractivity contribution is -0.110. The van der Waals surface area contributed by atoms with Gasteiger partial charge in [0.2, 0.25) is 0 Å². The molecule has 8 heteroatoms. The molecule has 31 heavy (non-hydrogen) atoms. The molecule has 1 aromatic heterocycles. The number of aliphatic hydroxyl groups is 1. The van der Waals surface area contributed by atoms with Crippen LogP contribution in [0.3, 0.4) is 0 Å². The van der Waals surface area contributed by atoms with Crippen LogP contribution in [0.2, 0.25) is 5.02 Å². The number of carbonyl (C=O) groups excluding carboxylic acids is 1. The zero-order valence-corrected chi connectivity index (χ0v) is 18.4. The number of ether oxygens (including phenoxy) is 1. The fourth-order valence-electron chi connectivity index (χ4n) is 3.91. The number of nitrogens with zero attached hydrogens (tertiary/aromatic N) is 2. The lowest BCUT2D eigenvalue weighted by Crippen LogP contribution is -2.36. The molecule has 3 heterocycles. The standard InChI is InChI=1S/C23H20ClN3O3S/c1-13-25-12-20(31-13)22(28)21-17-10-16(18(24)11-19(17)26-23(21)29)14-2-4-15(5-3-14)27-6-8-30-9-7-27/h2-5,10-12,28H,6-9H2,1H3,(H,26,29). The van der Waals surface area contributed by atoms with E-state index in [1.165, 1.54) is 11.3 Å². The molecule has 1 saturated heterocycles. The van der Waals surface area contributed by atoms with E-state index in [1.807, 2.05) is 25.1 Å². The zero-order chi connectivity index (χ0) is 21.5. The molecule has 3 aromatic rings. The number of anilines is 2. The van der Waals surface area contributed by atoms with Crippen molar-refractivity contribution < 1.29 is 14.6 Å². The second kappa shape index (κ2) is 8.00. The van der Waals surface area contributed by atoms with Crippen LogP contribution >= 0.6 is 22.9 Å². The largest absolute Gasteiger partial charge is 0.506 e. The zero-order valence-electron chi connectivity index (χ0n) is 16.8. The van der Waals surface area contributed by atoms with Crippen molar-refractivity contribution in [1.29, 1.82) is 0 Å². The second-order valence-corrected chi connectivity index (χ2v) is 9.09. The van der Waals surface area contributed by atoms with Crippen LogP contribution in [0.25, 0.3) is 22.5 Å². The van der Waals surface area contributed by atoms with E-state index < -0.39 is 0 Å². The van der Waals surface area contributed by atoms with Gasteiger partial charge in [-0.2, -0.15) is 0 Å². The van der Waals surface area contributed by atoms with Crippen LogP contribution in [0.5, 0.6) is 0 Å². The van der Waals surface area contributed by atoms with Crippen LogP contribution in [-0.4, -0.2) is 42.3 Å². The number of aromatic nitrogens is 1. The van der Waals surface area contributed by atoms with E-state index in [9.17, 15) is 9.90 Å². The van der Waals surface area contributed by atoms with Gasteiger partial charge < -0.3 is 20.1 Å². The highest BCUT2D eigenvalue weighted by molar-refractivity contribution is 7.12. The number of amides is 1. The van der Waals surface area contributed by atoms with Gasteiger partial charge >= 0.3 is 0 Å². The number of morpholine rings is 1. The topological polar surface area (TPSA) is 74.7 Å². The molecular weight excluding hydrogens is 434 g/mol. The molecule has 1 amide bonds. The lowest BCUT2D eigenvalue weighted by atomic mass is 9.98. The van der Waals surface area contributed by atoms with Gasteiger partial charge in [-0.05, 0) is 36.8 Å². The number of hydrogen-bond donors (Lipinski definition) is 2. The summed E-state index contributed by atoms with van der Waals surface area (Å²) < 4.78 is 5.42. The van der Waals surface area contributed by atoms with Crippen molar-refractivity contribution in [3.05, 3.63) is 63.1 Å². The van der Waals surface area contributed by atoms with Gasteiger partial charge in [0, 0.05) is 36.1 Å². The minimum Gasteiger partial charge on any atom is -0.506 e. The first-order valence-electron chi connectivity index (χ1n) is 9.95. The first-order chi connectivity index (χ1) is 15.0. The van der Waals surface area contributed by atoms with Crippen molar-refractivity contribution in [2.75, 3.05) is 36.5 Å². The Morgan fingerprint density at radius 2 is 1.94 bits per heavy atom. The highest BCUT2D eigenvalue weighted by Crippen LogP contribution is 2.42. The van der Waals surface area contributed by atoms with Crippen LogP contribution in [0, 0.1) is 6.92 Å². The summed E-state index contributed by atoms with van der Waals surface area (Å²) in [5.74, 6) is -0.424. The quantitative estimate of drug-likeness (QED) is 0.432. The average Bonchev–Trinajstić information content (AvgIpc) is 3.35. The third-order valence-corrected chi connectivity index (χ3v) is 6.73. The first-order valence-corrected chi connectivity index (χ1v) is 11.1. The number of rotatable bonds is 3. The Bertz CT molecular complexity index is 1200. The molecule has 158 valence electrons. The van der Waals surface area contributed by atoms with Crippen LogP contribution in [0.15, 0.2) is 42.6 Å². The van der Waals surface area contributed by atoms with Crippen molar-refractivity contribution in [2.24, 2.45) is 0 Å². The second-order valence-electron chi connectivity index (χ2n) is 7.45. The van der Waals surface area contributed by atoms with Gasteiger partial charge in [-0.25, -0.2) is 4.98 Å². The van der Waals surface area contributed by atoms with Crippen molar-refractivity contribution in [2.45, 2.75) is 6.92 Å². The van der Waals surface area contributed by atoms with Gasteiger partial charge in [-0.3, -0.25) is 4.79 Å². The maximum Gasteiger partial charge on any atom is 0.260 e. The fraction of sp³-hybridized carbons (Fsp3) is 0.217. The molecule has 6 nitrogen and oxygen atoms in total. The van der Waals surface area contributed by atoms with E-state index in [-0.39, 0.29) is 17.2 Å². The van der Waals surface area contributed by atoms with E-state index in [0.29, 0.717) is 21.2 Å². The first kappa shape index (κ1) is 20.1. The van der Waals surface area contributed by atoms with Crippen molar-refractivity contribution in [1.82, 2.24) is 4.98 Å². The molecule has 2 N–H and O–H groups in total. The summed E-state index contributed by atoms with van der Waals surface area (Å²) in [7, 11) is 0. The van der Waals surface area contributed by atoms with Gasteiger partial charge in [-0.1, -0.05) is 23.7 Å². The molecule has 0 unspecified atom stereocenters. The van der Waals surface area contributed by atoms with Crippen molar-refractivity contribution in [3.63, 3.8) is 0 Å². The number of thiazole rings is 1. The van der Waals surface area contributed by atoms with Crippen LogP contribution in [0.4, 0.5) is 11.4 Å². The van der Waals surface area contributed by atoms with E-state index in [0.717, 1.165) is 48.1 Å². The molecular formula is C23H20ClN3O3S. The number of nitrogens with one attached hydrogen (secondary N) is 1. The van der Waals surface area contributed by atoms with Crippen LogP contribution < -0.4 is 10.2 Å². The van der Waals surface area contributed by atoms with Gasteiger partial charge in [0.05, 0.1) is 39.4 Å². The molecule has 2 aliphatic heterocycles. The smallest absolute Gasteiger partial charge is 0.260 e. The third kappa shape index (κ3) is 3.69. The summed E-state index contributed by atoms with van der Waals surface area (Å²) in [6.07, 6.45) is 1.58. The Hall–Kier alpha value is -2.87. The van der Waals surface area contributed by atoms with E-state index in [2.05, 4.69) is 27.3 Å². The Labute approximate surface area is 188 Å². The summed E-state index contributed by atoms with van der Waals surface area (Å²) in [5, 5.41) is 15.0. The van der Waals surface area contributed by atoms with E-state index in [4.69, 9.17) is 16.3 Å². The number of aryl methyl sites for hydroxylation is 1. The summed E-state index contributed by atoms with van der Waals surface area (Å²) >= 11 is 7.90. The average molecular weight is 454 g/mol. The SMILES string of the molecule is Cc1ncc(C(O)=C2C(=O)Nc3cc(Cl)c(-c4ccc(N5CCOCC5)cc4)cc32)s1. The summed E-state index contributed by atoms with van der Waals surface area (Å²) in [6.45, 7) is 5.07. The molecule has 0 spiro atoms. The van der Waals surface area contributed by atoms with Gasteiger partial charge in [-0.15, -0.1) is 11.3 Å². The maximum absolute atomic E-state index is 12.6. The third-order valence-electron chi connectivity index (χ3n) is 5.50. The number of benzene rings is 2. The lowest BCUT2D eigenvalue weighted by Gasteiger charge is -2.29. The predicted octanol–water partition coefficient (Wildman–Crippen LogP) is 4.99. The van der Waals surface area contributed by atoms with Crippen molar-refractivity contribution in [3.8, 4) is 11.1 Å². The summed E-state index contributed by atoms with van der Waals surface area (Å²) in [6, 6.07) is 11.8. The minimum absolute atomic E-state index is 0.0715. The Balaban J connectivity index is 1.54. The predicted molar refractivity (Wildman–Crippen MR) is 125 cm³/mol.